The first-order chi connectivity index (χ1) is 14.3. The van der Waals surface area contributed by atoms with Crippen LogP contribution in [0.4, 0.5) is 0 Å². The molecule has 2 aliphatic heterocycles. The van der Waals surface area contributed by atoms with E-state index in [1.165, 1.54) is 0 Å². The second-order valence-corrected chi connectivity index (χ2v) is 9.11. The fourth-order valence-electron chi connectivity index (χ4n) is 6.00. The topological polar surface area (TPSA) is 63.6 Å². The Morgan fingerprint density at radius 3 is 2.43 bits per heavy atom. The molecule has 2 saturated heterocycles. The summed E-state index contributed by atoms with van der Waals surface area (Å²) in [7, 11) is 0. The quantitative estimate of drug-likeness (QED) is 0.745. The molecule has 4 heteroatoms. The number of carbonyl (C=O) groups excluding carboxylic acids is 2. The third-order valence-corrected chi connectivity index (χ3v) is 7.13. The van der Waals surface area contributed by atoms with E-state index in [2.05, 4.69) is 12.1 Å². The van der Waals surface area contributed by atoms with E-state index in [4.69, 9.17) is 4.74 Å². The largest absolute Gasteiger partial charge is 0.511 e. The van der Waals surface area contributed by atoms with Gasteiger partial charge in [-0.15, -0.1) is 0 Å². The average molecular weight is 402 g/mol. The van der Waals surface area contributed by atoms with Gasteiger partial charge in [-0.25, -0.2) is 0 Å². The highest BCUT2D eigenvalue weighted by molar-refractivity contribution is 6.26. The molecule has 2 aromatic rings. The summed E-state index contributed by atoms with van der Waals surface area (Å²) in [6.45, 7) is 7.60. The van der Waals surface area contributed by atoms with E-state index in [1.54, 1.807) is 6.92 Å². The van der Waals surface area contributed by atoms with Crippen LogP contribution in [0, 0.1) is 32.6 Å². The number of benzene rings is 2. The van der Waals surface area contributed by atoms with Crippen LogP contribution in [0.25, 0.3) is 5.57 Å². The lowest BCUT2D eigenvalue weighted by Crippen LogP contribution is -2.33. The Hall–Kier alpha value is -2.72. The number of aryl methyl sites for hydroxylation is 3. The Balaban J connectivity index is 1.56. The Labute approximate surface area is 176 Å². The van der Waals surface area contributed by atoms with Gasteiger partial charge in [0, 0.05) is 11.5 Å². The summed E-state index contributed by atoms with van der Waals surface area (Å²) >= 11 is 0. The van der Waals surface area contributed by atoms with E-state index in [9.17, 15) is 14.7 Å². The number of carbonyl (C=O) groups is 2. The van der Waals surface area contributed by atoms with Gasteiger partial charge in [-0.3, -0.25) is 9.59 Å². The van der Waals surface area contributed by atoms with Gasteiger partial charge in [0.25, 0.3) is 0 Å². The van der Waals surface area contributed by atoms with E-state index in [-0.39, 0.29) is 47.3 Å². The van der Waals surface area contributed by atoms with Crippen molar-refractivity contribution in [2.45, 2.75) is 52.2 Å². The monoisotopic (exact) mass is 402 g/mol. The van der Waals surface area contributed by atoms with Crippen molar-refractivity contribution in [3.63, 3.8) is 0 Å². The second kappa shape index (κ2) is 6.64. The first-order valence-electron chi connectivity index (χ1n) is 10.6. The third-order valence-electron chi connectivity index (χ3n) is 7.13. The predicted molar refractivity (Wildman–Crippen MR) is 115 cm³/mol. The molecule has 1 N–H and O–H groups in total. The highest BCUT2D eigenvalue weighted by Crippen LogP contribution is 2.58. The fraction of sp³-hybridized carbons (Fsp3) is 0.385. The Kier molecular flexibility index (Phi) is 4.26. The molecule has 5 rings (SSSR count). The number of fused-ring (bicyclic) bond motifs is 5. The van der Waals surface area contributed by atoms with Crippen molar-refractivity contribution in [2.75, 3.05) is 0 Å². The maximum absolute atomic E-state index is 13.4. The fourth-order valence-corrected chi connectivity index (χ4v) is 6.00. The van der Waals surface area contributed by atoms with Crippen LogP contribution >= 0.6 is 0 Å². The van der Waals surface area contributed by atoms with Crippen LogP contribution in [-0.4, -0.2) is 28.9 Å². The predicted octanol–water partition coefficient (Wildman–Crippen LogP) is 4.85. The molecule has 2 bridgehead atoms. The Morgan fingerprint density at radius 2 is 1.77 bits per heavy atom. The van der Waals surface area contributed by atoms with Crippen molar-refractivity contribution in [2.24, 2.45) is 11.8 Å². The van der Waals surface area contributed by atoms with Gasteiger partial charge in [0.1, 0.15) is 5.76 Å². The molecule has 0 spiro atoms. The number of ether oxygens (including phenoxy) is 1. The highest BCUT2D eigenvalue weighted by Gasteiger charge is 2.62. The van der Waals surface area contributed by atoms with Crippen LogP contribution in [0.3, 0.4) is 0 Å². The van der Waals surface area contributed by atoms with E-state index in [1.807, 2.05) is 45.0 Å². The molecular weight excluding hydrogens is 376 g/mol. The average Bonchev–Trinajstić information content (AvgIpc) is 3.34. The van der Waals surface area contributed by atoms with Crippen LogP contribution in [0.15, 0.2) is 42.2 Å². The zero-order valence-corrected chi connectivity index (χ0v) is 17.7. The first kappa shape index (κ1) is 19.3. The van der Waals surface area contributed by atoms with Crippen molar-refractivity contribution in [1.82, 2.24) is 0 Å². The standard InChI is InChI=1S/C26H26O4/c1-12-8-13(2)20(14(3)9-12)22-24(28)21-19-11-18(26(30-19)23(21)25(22)29)17-7-5-6-16(10-17)15(4)27/h5-10,18-19,21,23,26,29H,11H2,1-4H3/t18?,19?,21-,23+,26?/m0/s1. The van der Waals surface area contributed by atoms with Gasteiger partial charge in [-0.2, -0.15) is 0 Å². The smallest absolute Gasteiger partial charge is 0.173 e. The molecule has 1 aliphatic carbocycles. The number of ketones is 2. The second-order valence-electron chi connectivity index (χ2n) is 9.11. The molecule has 30 heavy (non-hydrogen) atoms. The molecule has 3 unspecified atom stereocenters. The maximum atomic E-state index is 13.4. The van der Waals surface area contributed by atoms with Gasteiger partial charge < -0.3 is 9.84 Å². The van der Waals surface area contributed by atoms with Gasteiger partial charge in [0.15, 0.2) is 11.6 Å². The van der Waals surface area contributed by atoms with E-state index in [0.29, 0.717) is 11.1 Å². The van der Waals surface area contributed by atoms with Crippen LogP contribution in [0.2, 0.25) is 0 Å². The minimum atomic E-state index is -0.308. The molecular formula is C26H26O4. The summed E-state index contributed by atoms with van der Waals surface area (Å²) in [4.78, 5) is 25.2. The van der Waals surface area contributed by atoms with Crippen LogP contribution in [-0.2, 0) is 9.53 Å². The van der Waals surface area contributed by atoms with Gasteiger partial charge in [0.2, 0.25) is 0 Å². The normalized spacial score (nSPS) is 29.6. The van der Waals surface area contributed by atoms with Crippen LogP contribution in [0.5, 0.6) is 0 Å². The summed E-state index contributed by atoms with van der Waals surface area (Å²) in [6.07, 6.45) is 0.310. The first-order valence-corrected chi connectivity index (χ1v) is 10.6. The zero-order valence-electron chi connectivity index (χ0n) is 17.7. The lowest BCUT2D eigenvalue weighted by Gasteiger charge is -2.28. The molecule has 0 amide bonds. The number of aliphatic hydroxyl groups excluding tert-OH is 1. The molecule has 2 fully saturated rings. The molecule has 3 aliphatic rings. The van der Waals surface area contributed by atoms with Crippen molar-refractivity contribution in [1.29, 1.82) is 0 Å². The highest BCUT2D eigenvalue weighted by atomic mass is 16.5. The van der Waals surface area contributed by atoms with Gasteiger partial charge in [-0.1, -0.05) is 35.9 Å². The van der Waals surface area contributed by atoms with Crippen LogP contribution in [0.1, 0.15) is 57.4 Å². The van der Waals surface area contributed by atoms with Gasteiger partial charge in [-0.05, 0) is 62.4 Å². The lowest BCUT2D eigenvalue weighted by molar-refractivity contribution is -0.118. The molecule has 154 valence electrons. The number of hydrogen-bond donors (Lipinski definition) is 1. The SMILES string of the molecule is CC(=O)c1cccc(C2CC3OC2[C@H]2C(O)=C(c4c(C)cc(C)cc4C)C(=O)[C@@H]32)c1. The van der Waals surface area contributed by atoms with Crippen molar-refractivity contribution in [3.8, 4) is 0 Å². The van der Waals surface area contributed by atoms with Crippen molar-refractivity contribution >= 4 is 17.1 Å². The van der Waals surface area contributed by atoms with Gasteiger partial charge >= 0.3 is 0 Å². The van der Waals surface area contributed by atoms with Crippen LogP contribution < -0.4 is 0 Å². The summed E-state index contributed by atoms with van der Waals surface area (Å²) in [6, 6.07) is 11.8. The number of Topliss-reactive ketones (excluding diaryl/α,β-unsaturated/α-hetero) is 2. The number of allylic oxidation sites excluding steroid dienone is 1. The molecule has 0 radical (unpaired) electrons. The van der Waals surface area contributed by atoms with E-state index in [0.717, 1.165) is 34.2 Å². The Bertz CT molecular complexity index is 1100. The zero-order chi connectivity index (χ0) is 21.3. The van der Waals surface area contributed by atoms with Gasteiger partial charge in [0.05, 0.1) is 29.6 Å². The molecule has 4 nitrogen and oxygen atoms in total. The minimum absolute atomic E-state index is 0.0102. The van der Waals surface area contributed by atoms with E-state index < -0.39 is 0 Å². The molecule has 2 heterocycles. The van der Waals surface area contributed by atoms with Crippen molar-refractivity contribution < 1.29 is 19.4 Å². The number of rotatable bonds is 3. The Morgan fingerprint density at radius 1 is 1.07 bits per heavy atom. The minimum Gasteiger partial charge on any atom is -0.511 e. The molecule has 0 saturated carbocycles. The molecule has 5 atom stereocenters. The third kappa shape index (κ3) is 2.63. The summed E-state index contributed by atoms with van der Waals surface area (Å²) < 4.78 is 6.21. The number of hydrogen-bond acceptors (Lipinski definition) is 4. The summed E-state index contributed by atoms with van der Waals surface area (Å²) in [5.41, 5.74) is 6.25. The molecule has 0 aromatic heterocycles. The molecule has 2 aromatic carbocycles. The summed E-state index contributed by atoms with van der Waals surface area (Å²) in [5.74, 6) is -0.319. The summed E-state index contributed by atoms with van der Waals surface area (Å²) in [5, 5.41) is 11.3. The van der Waals surface area contributed by atoms with E-state index >= 15 is 0 Å². The maximum Gasteiger partial charge on any atom is 0.173 e. The lowest BCUT2D eigenvalue weighted by atomic mass is 9.72. The van der Waals surface area contributed by atoms with Crippen molar-refractivity contribution in [3.05, 3.63) is 75.5 Å². The number of aliphatic hydroxyl groups is 1.